The van der Waals surface area contributed by atoms with Gasteiger partial charge in [-0.3, -0.25) is 9.10 Å². The maximum absolute atomic E-state index is 12.1. The number of carbonyl (C=O) groups is 1. The number of nitrogens with zero attached hydrogens (tertiary/aromatic N) is 1. The van der Waals surface area contributed by atoms with E-state index in [1.807, 2.05) is 12.1 Å². The Balaban J connectivity index is 1.84. The molecular formula is C17H22N2O5S2. The number of methoxy groups -OCH3 is 1. The van der Waals surface area contributed by atoms with Crippen molar-refractivity contribution in [2.75, 3.05) is 36.5 Å². The molecule has 0 bridgehead atoms. The van der Waals surface area contributed by atoms with E-state index in [4.69, 9.17) is 9.15 Å². The van der Waals surface area contributed by atoms with Gasteiger partial charge in [0.15, 0.2) is 0 Å². The molecule has 0 aliphatic rings. The van der Waals surface area contributed by atoms with Gasteiger partial charge in [0, 0.05) is 12.3 Å². The minimum atomic E-state index is -3.58. The Kier molecular flexibility index (Phi) is 7.40. The number of benzene rings is 1. The number of rotatable bonds is 10. The lowest BCUT2D eigenvalue weighted by Gasteiger charge is -2.22. The highest BCUT2D eigenvalue weighted by Gasteiger charge is 2.20. The molecule has 142 valence electrons. The van der Waals surface area contributed by atoms with E-state index >= 15 is 0 Å². The molecule has 1 heterocycles. The van der Waals surface area contributed by atoms with Crippen LogP contribution in [0, 0.1) is 0 Å². The fourth-order valence-electron chi connectivity index (χ4n) is 2.16. The second-order valence-electron chi connectivity index (χ2n) is 5.45. The SMILES string of the molecule is COc1ccc(N(CC(=O)NCCSCc2ccco2)S(C)(=O)=O)cc1. The van der Waals surface area contributed by atoms with Crippen molar-refractivity contribution in [3.05, 3.63) is 48.4 Å². The van der Waals surface area contributed by atoms with E-state index < -0.39 is 10.0 Å². The van der Waals surface area contributed by atoms with Crippen molar-refractivity contribution in [1.82, 2.24) is 5.32 Å². The first kappa shape index (κ1) is 20.2. The summed E-state index contributed by atoms with van der Waals surface area (Å²) in [5.41, 5.74) is 0.413. The second kappa shape index (κ2) is 9.54. The summed E-state index contributed by atoms with van der Waals surface area (Å²) in [6.07, 6.45) is 2.69. The molecule has 0 radical (unpaired) electrons. The van der Waals surface area contributed by atoms with E-state index in [9.17, 15) is 13.2 Å². The van der Waals surface area contributed by atoms with E-state index in [-0.39, 0.29) is 12.5 Å². The third kappa shape index (κ3) is 6.30. The maximum Gasteiger partial charge on any atom is 0.240 e. The molecule has 2 rings (SSSR count). The first-order valence-electron chi connectivity index (χ1n) is 7.89. The normalized spacial score (nSPS) is 11.2. The van der Waals surface area contributed by atoms with Crippen LogP contribution < -0.4 is 14.4 Å². The van der Waals surface area contributed by atoms with Crippen LogP contribution in [0.4, 0.5) is 5.69 Å². The Morgan fingerprint density at radius 2 is 2.00 bits per heavy atom. The summed E-state index contributed by atoms with van der Waals surface area (Å²) >= 11 is 1.62. The van der Waals surface area contributed by atoms with Crippen molar-refractivity contribution in [3.8, 4) is 5.75 Å². The van der Waals surface area contributed by atoms with Crippen LogP contribution >= 0.6 is 11.8 Å². The molecule has 0 aliphatic carbocycles. The zero-order chi connectivity index (χ0) is 19.0. The van der Waals surface area contributed by atoms with Gasteiger partial charge >= 0.3 is 0 Å². The standard InChI is InChI=1S/C17H22N2O5S2/c1-23-15-7-5-14(6-8-15)19(26(2,21)22)12-17(20)18-9-11-25-13-16-4-3-10-24-16/h3-8,10H,9,11-13H2,1-2H3,(H,18,20). The average Bonchev–Trinajstić information content (AvgIpc) is 3.12. The Labute approximate surface area is 157 Å². The predicted molar refractivity (Wildman–Crippen MR) is 103 cm³/mol. The first-order valence-corrected chi connectivity index (χ1v) is 10.9. The quantitative estimate of drug-likeness (QED) is 0.617. The molecule has 7 nitrogen and oxygen atoms in total. The number of thioether (sulfide) groups is 1. The van der Waals surface area contributed by atoms with Crippen molar-refractivity contribution in [1.29, 1.82) is 0 Å². The first-order chi connectivity index (χ1) is 12.4. The minimum absolute atomic E-state index is 0.270. The highest BCUT2D eigenvalue weighted by atomic mass is 32.2. The monoisotopic (exact) mass is 398 g/mol. The largest absolute Gasteiger partial charge is 0.497 e. The Morgan fingerprint density at radius 1 is 1.27 bits per heavy atom. The van der Waals surface area contributed by atoms with Crippen molar-refractivity contribution in [2.45, 2.75) is 5.75 Å². The van der Waals surface area contributed by atoms with Crippen LogP contribution in [0.1, 0.15) is 5.76 Å². The molecule has 0 spiro atoms. The lowest BCUT2D eigenvalue weighted by Crippen LogP contribution is -2.41. The third-order valence-corrected chi connectivity index (χ3v) is 5.56. The zero-order valence-electron chi connectivity index (χ0n) is 14.7. The average molecular weight is 399 g/mol. The maximum atomic E-state index is 12.1. The molecule has 0 saturated heterocycles. The number of hydrogen-bond donors (Lipinski definition) is 1. The molecule has 0 atom stereocenters. The Morgan fingerprint density at radius 3 is 2.58 bits per heavy atom. The van der Waals surface area contributed by atoms with Gasteiger partial charge in [0.1, 0.15) is 18.1 Å². The van der Waals surface area contributed by atoms with Crippen molar-refractivity contribution in [2.24, 2.45) is 0 Å². The van der Waals surface area contributed by atoms with Gasteiger partial charge in [0.2, 0.25) is 15.9 Å². The third-order valence-electron chi connectivity index (χ3n) is 3.44. The van der Waals surface area contributed by atoms with Gasteiger partial charge < -0.3 is 14.5 Å². The van der Waals surface area contributed by atoms with Crippen molar-refractivity contribution in [3.63, 3.8) is 0 Å². The molecule has 2 aromatic rings. The summed E-state index contributed by atoms with van der Waals surface area (Å²) in [5.74, 6) is 2.56. The van der Waals surface area contributed by atoms with Crippen LogP contribution in [0.25, 0.3) is 0 Å². The molecule has 0 saturated carbocycles. The van der Waals surface area contributed by atoms with Crippen molar-refractivity contribution >= 4 is 33.4 Å². The molecule has 1 N–H and O–H groups in total. The number of anilines is 1. The van der Waals surface area contributed by atoms with E-state index in [0.29, 0.717) is 23.7 Å². The smallest absolute Gasteiger partial charge is 0.240 e. The summed E-state index contributed by atoms with van der Waals surface area (Å²) in [6, 6.07) is 10.2. The van der Waals surface area contributed by atoms with Gasteiger partial charge in [-0.2, -0.15) is 11.8 Å². The molecule has 0 unspecified atom stereocenters. The molecular weight excluding hydrogens is 376 g/mol. The topological polar surface area (TPSA) is 88.8 Å². The molecule has 26 heavy (non-hydrogen) atoms. The van der Waals surface area contributed by atoms with E-state index in [1.54, 1.807) is 42.3 Å². The Bertz CT molecular complexity index is 789. The number of carbonyl (C=O) groups excluding carboxylic acids is 1. The molecule has 1 aromatic heterocycles. The number of furan rings is 1. The molecule has 1 aromatic carbocycles. The van der Waals surface area contributed by atoms with Gasteiger partial charge in [0.05, 0.1) is 31.1 Å². The van der Waals surface area contributed by atoms with Gasteiger partial charge in [-0.1, -0.05) is 0 Å². The van der Waals surface area contributed by atoms with Gasteiger partial charge in [-0.05, 0) is 36.4 Å². The molecule has 1 amide bonds. The van der Waals surface area contributed by atoms with E-state index in [1.165, 1.54) is 7.11 Å². The highest BCUT2D eigenvalue weighted by molar-refractivity contribution is 7.98. The predicted octanol–water partition coefficient (Wildman–Crippen LogP) is 2.10. The van der Waals surface area contributed by atoms with Gasteiger partial charge in [-0.15, -0.1) is 0 Å². The van der Waals surface area contributed by atoms with E-state index in [0.717, 1.165) is 22.1 Å². The summed E-state index contributed by atoms with van der Waals surface area (Å²) in [5, 5.41) is 2.74. The zero-order valence-corrected chi connectivity index (χ0v) is 16.3. The second-order valence-corrected chi connectivity index (χ2v) is 8.46. The fraction of sp³-hybridized carbons (Fsp3) is 0.353. The van der Waals surface area contributed by atoms with Crippen LogP contribution in [0.2, 0.25) is 0 Å². The lowest BCUT2D eigenvalue weighted by molar-refractivity contribution is -0.119. The number of ether oxygens (including phenoxy) is 1. The summed E-state index contributed by atoms with van der Waals surface area (Å²) in [6.45, 7) is 0.179. The van der Waals surface area contributed by atoms with Crippen LogP contribution in [0.5, 0.6) is 5.75 Å². The number of amides is 1. The highest BCUT2D eigenvalue weighted by Crippen LogP contribution is 2.21. The molecule has 0 aliphatic heterocycles. The van der Waals surface area contributed by atoms with Crippen LogP contribution in [-0.2, 0) is 20.6 Å². The summed E-state index contributed by atoms with van der Waals surface area (Å²) in [4.78, 5) is 12.1. The minimum Gasteiger partial charge on any atom is -0.497 e. The van der Waals surface area contributed by atoms with Crippen molar-refractivity contribution < 1.29 is 22.4 Å². The van der Waals surface area contributed by atoms with Crippen LogP contribution in [-0.4, -0.2) is 46.5 Å². The lowest BCUT2D eigenvalue weighted by atomic mass is 10.3. The Hall–Kier alpha value is -2.13. The van der Waals surface area contributed by atoms with Crippen LogP contribution in [0.15, 0.2) is 47.1 Å². The number of nitrogens with one attached hydrogen (secondary N) is 1. The number of hydrogen-bond acceptors (Lipinski definition) is 6. The number of sulfonamides is 1. The summed E-state index contributed by atoms with van der Waals surface area (Å²) in [7, 11) is -2.05. The molecule has 9 heteroatoms. The molecule has 0 fully saturated rings. The summed E-state index contributed by atoms with van der Waals surface area (Å²) < 4.78 is 35.4. The van der Waals surface area contributed by atoms with E-state index in [2.05, 4.69) is 5.32 Å². The van der Waals surface area contributed by atoms with Gasteiger partial charge in [0.25, 0.3) is 0 Å². The fourth-order valence-corrected chi connectivity index (χ4v) is 3.78. The van der Waals surface area contributed by atoms with Gasteiger partial charge in [-0.25, -0.2) is 8.42 Å². The van der Waals surface area contributed by atoms with Crippen LogP contribution in [0.3, 0.4) is 0 Å².